The van der Waals surface area contributed by atoms with Crippen LogP contribution in [-0.4, -0.2) is 24.3 Å². The Labute approximate surface area is 218 Å². The van der Waals surface area contributed by atoms with Crippen LogP contribution < -0.4 is 9.47 Å². The number of benzene rings is 3. The van der Waals surface area contributed by atoms with Crippen LogP contribution in [0.4, 0.5) is 0 Å². The molecule has 0 radical (unpaired) electrons. The van der Waals surface area contributed by atoms with Crippen LogP contribution in [-0.2, 0) is 4.79 Å². The summed E-state index contributed by atoms with van der Waals surface area (Å²) in [4.78, 5) is 12.9. The minimum Gasteiger partial charge on any atom is -0.494 e. The molecule has 0 unspecified atom stereocenters. The number of ether oxygens (including phenoxy) is 2. The van der Waals surface area contributed by atoms with E-state index in [1.54, 1.807) is 11.8 Å². The summed E-state index contributed by atoms with van der Waals surface area (Å²) in [7, 11) is 0. The molecule has 1 N–H and O–H groups in total. The fourth-order valence-electron chi connectivity index (χ4n) is 4.39. The van der Waals surface area contributed by atoms with Gasteiger partial charge in [-0.2, -0.15) is 0 Å². The topological polar surface area (TPSA) is 55.8 Å². The zero-order valence-electron chi connectivity index (χ0n) is 20.7. The van der Waals surface area contributed by atoms with Crippen molar-refractivity contribution in [1.29, 1.82) is 0 Å². The van der Waals surface area contributed by atoms with Crippen molar-refractivity contribution < 1.29 is 19.4 Å². The molecule has 4 nitrogen and oxygen atoms in total. The monoisotopic (exact) mass is 500 g/mol. The van der Waals surface area contributed by atoms with Crippen molar-refractivity contribution in [3.63, 3.8) is 0 Å². The van der Waals surface area contributed by atoms with Gasteiger partial charge in [-0.15, -0.1) is 0 Å². The van der Waals surface area contributed by atoms with Gasteiger partial charge in [0.15, 0.2) is 6.61 Å². The third-order valence-corrected chi connectivity index (χ3v) is 7.22. The lowest BCUT2D eigenvalue weighted by Crippen LogP contribution is -2.10. The predicted molar refractivity (Wildman–Crippen MR) is 144 cm³/mol. The molecule has 186 valence electrons. The molecule has 0 aromatic heterocycles. The van der Waals surface area contributed by atoms with Crippen LogP contribution in [0.15, 0.2) is 76.5 Å². The van der Waals surface area contributed by atoms with Gasteiger partial charge in [-0.3, -0.25) is 0 Å². The first-order valence-electron chi connectivity index (χ1n) is 12.5. The van der Waals surface area contributed by atoms with Crippen molar-refractivity contribution in [3.8, 4) is 23.3 Å². The fourth-order valence-corrected chi connectivity index (χ4v) is 5.40. The molecule has 1 fully saturated rings. The molecule has 36 heavy (non-hydrogen) atoms. The number of aliphatic carboxylic acids is 1. The molecule has 0 spiro atoms. The highest BCUT2D eigenvalue weighted by atomic mass is 32.2. The second-order valence-corrected chi connectivity index (χ2v) is 10.3. The van der Waals surface area contributed by atoms with Gasteiger partial charge in [0, 0.05) is 20.9 Å². The van der Waals surface area contributed by atoms with E-state index in [0.717, 1.165) is 51.2 Å². The van der Waals surface area contributed by atoms with Crippen molar-refractivity contribution in [2.24, 2.45) is 5.92 Å². The number of hydrogen-bond acceptors (Lipinski definition) is 4. The molecule has 5 heteroatoms. The van der Waals surface area contributed by atoms with Crippen molar-refractivity contribution in [2.75, 3.05) is 13.2 Å². The summed E-state index contributed by atoms with van der Waals surface area (Å²) < 4.78 is 11.6. The maximum Gasteiger partial charge on any atom is 0.341 e. The Kier molecular flexibility index (Phi) is 9.35. The second-order valence-electron chi connectivity index (χ2n) is 9.16. The van der Waals surface area contributed by atoms with E-state index >= 15 is 0 Å². The van der Waals surface area contributed by atoms with Crippen molar-refractivity contribution >= 4 is 17.7 Å². The van der Waals surface area contributed by atoms with E-state index in [4.69, 9.17) is 14.6 Å². The van der Waals surface area contributed by atoms with E-state index in [1.807, 2.05) is 61.5 Å². The van der Waals surface area contributed by atoms with Crippen molar-refractivity contribution in [1.82, 2.24) is 0 Å². The summed E-state index contributed by atoms with van der Waals surface area (Å²) in [6.07, 6.45) is 7.79. The Bertz CT molecular complexity index is 1220. The van der Waals surface area contributed by atoms with E-state index in [2.05, 4.69) is 24.0 Å². The molecule has 3 aromatic rings. The lowest BCUT2D eigenvalue weighted by Gasteiger charge is -2.21. The number of rotatable bonds is 9. The number of carboxylic acid groups (broad SMARTS) is 1. The average Bonchev–Trinajstić information content (AvgIpc) is 2.88. The Hall–Kier alpha value is -3.36. The van der Waals surface area contributed by atoms with Crippen LogP contribution in [0, 0.1) is 24.7 Å². The SMILES string of the molecule is Cc1cc(Sc2cc(C#Cc3ccccc3)cc(OCCC3CCCCC3)c2)ccc1OCC(=O)O. The molecule has 1 saturated carbocycles. The molecule has 0 amide bonds. The largest absolute Gasteiger partial charge is 0.494 e. The van der Waals surface area contributed by atoms with E-state index in [0.29, 0.717) is 5.75 Å². The highest BCUT2D eigenvalue weighted by Crippen LogP contribution is 2.34. The molecule has 1 aliphatic carbocycles. The first-order chi connectivity index (χ1) is 17.5. The Morgan fingerprint density at radius 2 is 1.69 bits per heavy atom. The van der Waals surface area contributed by atoms with Crippen LogP contribution in [0.5, 0.6) is 11.5 Å². The van der Waals surface area contributed by atoms with E-state index in [9.17, 15) is 4.79 Å². The maximum absolute atomic E-state index is 10.8. The average molecular weight is 501 g/mol. The van der Waals surface area contributed by atoms with Crippen LogP contribution in [0.1, 0.15) is 55.2 Å². The summed E-state index contributed by atoms with van der Waals surface area (Å²) >= 11 is 1.63. The number of hydrogen-bond donors (Lipinski definition) is 1. The molecule has 0 saturated heterocycles. The van der Waals surface area contributed by atoms with Gasteiger partial charge in [0.05, 0.1) is 6.61 Å². The summed E-state index contributed by atoms with van der Waals surface area (Å²) in [5, 5.41) is 8.87. The predicted octanol–water partition coefficient (Wildman–Crippen LogP) is 7.36. The van der Waals surface area contributed by atoms with Gasteiger partial charge in [0.2, 0.25) is 0 Å². The zero-order valence-corrected chi connectivity index (χ0v) is 21.5. The molecule has 4 rings (SSSR count). The molecular formula is C31H32O4S. The van der Waals surface area contributed by atoms with Crippen molar-refractivity contribution in [3.05, 3.63) is 83.4 Å². The van der Waals surface area contributed by atoms with Gasteiger partial charge in [-0.05, 0) is 73.4 Å². The van der Waals surface area contributed by atoms with E-state index in [1.165, 1.54) is 32.1 Å². The first kappa shape index (κ1) is 25.7. The minimum atomic E-state index is -0.989. The molecule has 0 atom stereocenters. The quantitative estimate of drug-likeness (QED) is 0.311. The van der Waals surface area contributed by atoms with Gasteiger partial charge in [-0.25, -0.2) is 4.79 Å². The summed E-state index contributed by atoms with van der Waals surface area (Å²) in [5.74, 6) is 7.75. The first-order valence-corrected chi connectivity index (χ1v) is 13.3. The molecular weight excluding hydrogens is 468 g/mol. The van der Waals surface area contributed by atoms with Gasteiger partial charge < -0.3 is 14.6 Å². The summed E-state index contributed by atoms with van der Waals surface area (Å²) in [5.41, 5.74) is 2.78. The molecule has 0 aliphatic heterocycles. The van der Waals surface area contributed by atoms with Gasteiger partial charge in [-0.1, -0.05) is 73.9 Å². The zero-order chi connectivity index (χ0) is 25.2. The molecule has 0 bridgehead atoms. The maximum atomic E-state index is 10.8. The van der Waals surface area contributed by atoms with Gasteiger partial charge in [0.1, 0.15) is 11.5 Å². The van der Waals surface area contributed by atoms with Crippen LogP contribution in [0.2, 0.25) is 0 Å². The number of aryl methyl sites for hydroxylation is 1. The normalized spacial score (nSPS) is 13.5. The smallest absolute Gasteiger partial charge is 0.341 e. The highest BCUT2D eigenvalue weighted by Gasteiger charge is 2.13. The summed E-state index contributed by atoms with van der Waals surface area (Å²) in [6.45, 7) is 2.29. The third-order valence-electron chi connectivity index (χ3n) is 6.26. The third kappa shape index (κ3) is 8.10. The van der Waals surface area contributed by atoms with Gasteiger partial charge in [0.25, 0.3) is 0 Å². The fraction of sp³-hybridized carbons (Fsp3) is 0.323. The summed E-state index contributed by atoms with van der Waals surface area (Å²) in [6, 6.07) is 21.9. The Balaban J connectivity index is 1.50. The highest BCUT2D eigenvalue weighted by molar-refractivity contribution is 7.99. The molecule has 1 aliphatic rings. The van der Waals surface area contributed by atoms with E-state index in [-0.39, 0.29) is 6.61 Å². The Morgan fingerprint density at radius 3 is 2.44 bits per heavy atom. The standard InChI is InChI=1S/C31H32O4S/c1-23-18-28(14-15-30(23)35-22-31(32)33)36-29-20-26(13-12-24-8-4-2-5-9-24)19-27(21-29)34-17-16-25-10-6-3-7-11-25/h2,4-5,8-9,14-15,18-21,25H,3,6-7,10-11,16-17,22H2,1H3,(H,32,33). The molecule has 0 heterocycles. The van der Waals surface area contributed by atoms with Crippen molar-refractivity contribution in [2.45, 2.75) is 55.2 Å². The number of carbonyl (C=O) groups is 1. The van der Waals surface area contributed by atoms with Crippen LogP contribution >= 0.6 is 11.8 Å². The lowest BCUT2D eigenvalue weighted by molar-refractivity contribution is -0.139. The van der Waals surface area contributed by atoms with Crippen LogP contribution in [0.3, 0.4) is 0 Å². The second kappa shape index (κ2) is 13.1. The van der Waals surface area contributed by atoms with Crippen LogP contribution in [0.25, 0.3) is 0 Å². The van der Waals surface area contributed by atoms with E-state index < -0.39 is 5.97 Å². The number of carboxylic acids is 1. The Morgan fingerprint density at radius 1 is 0.917 bits per heavy atom. The molecule has 3 aromatic carbocycles. The minimum absolute atomic E-state index is 0.350. The lowest BCUT2D eigenvalue weighted by atomic mass is 9.87. The van der Waals surface area contributed by atoms with Gasteiger partial charge >= 0.3 is 5.97 Å².